The van der Waals surface area contributed by atoms with Crippen molar-refractivity contribution < 1.29 is 31.7 Å². The molecule has 2 aromatic carbocycles. The Labute approximate surface area is 149 Å². The largest absolute Gasteiger partial charge is 0.452 e. The predicted octanol–water partition coefficient (Wildman–Crippen LogP) is 3.24. The first-order chi connectivity index (χ1) is 12.2. The number of para-hydroxylation sites is 1. The molecule has 138 valence electrons. The van der Waals surface area contributed by atoms with Gasteiger partial charge in [0.1, 0.15) is 0 Å². The third kappa shape index (κ3) is 5.16. The van der Waals surface area contributed by atoms with Crippen LogP contribution in [0.25, 0.3) is 0 Å². The highest BCUT2D eigenvalue weighted by atomic mass is 32.2. The van der Waals surface area contributed by atoms with Crippen LogP contribution in [0, 0.1) is 0 Å². The molecule has 2 rings (SSSR count). The van der Waals surface area contributed by atoms with Gasteiger partial charge in [-0.25, -0.2) is 4.79 Å². The van der Waals surface area contributed by atoms with Gasteiger partial charge in [0.05, 0.1) is 16.8 Å². The van der Waals surface area contributed by atoms with Gasteiger partial charge < -0.3 is 10.1 Å². The standard InChI is InChI=1S/C17H14F3NO4S/c1-26(24)12-8-6-11(7-9-12)16(23)25-10-15(22)21-14-5-3-2-4-13(14)17(18,19)20/h2-9H,10H2,1H3,(H,21,22). The van der Waals surface area contributed by atoms with Crippen molar-refractivity contribution in [3.8, 4) is 0 Å². The molecule has 0 aliphatic rings. The number of amides is 1. The Morgan fingerprint density at radius 2 is 1.69 bits per heavy atom. The number of halogens is 3. The third-order valence-corrected chi connectivity index (χ3v) is 4.20. The molecule has 0 aromatic heterocycles. The number of carbonyl (C=O) groups excluding carboxylic acids is 2. The van der Waals surface area contributed by atoms with Gasteiger partial charge in [0.2, 0.25) is 0 Å². The van der Waals surface area contributed by atoms with Crippen molar-refractivity contribution in [2.24, 2.45) is 0 Å². The average Bonchev–Trinajstić information content (AvgIpc) is 2.59. The van der Waals surface area contributed by atoms with Gasteiger partial charge in [-0.05, 0) is 36.4 Å². The van der Waals surface area contributed by atoms with Gasteiger partial charge in [-0.3, -0.25) is 9.00 Å². The number of hydrogen-bond acceptors (Lipinski definition) is 4. The average molecular weight is 385 g/mol. The molecule has 1 unspecified atom stereocenters. The number of hydrogen-bond donors (Lipinski definition) is 1. The van der Waals surface area contributed by atoms with Crippen molar-refractivity contribution in [1.29, 1.82) is 0 Å². The van der Waals surface area contributed by atoms with Gasteiger partial charge in [0.25, 0.3) is 5.91 Å². The number of benzene rings is 2. The molecular formula is C17H14F3NO4S. The van der Waals surface area contributed by atoms with E-state index in [2.05, 4.69) is 5.32 Å². The maximum Gasteiger partial charge on any atom is 0.418 e. The molecule has 1 atom stereocenters. The Balaban J connectivity index is 1.97. The maximum absolute atomic E-state index is 12.9. The lowest BCUT2D eigenvalue weighted by Gasteiger charge is -2.13. The van der Waals surface area contributed by atoms with Crippen LogP contribution in [0.15, 0.2) is 53.4 Å². The van der Waals surface area contributed by atoms with E-state index in [4.69, 9.17) is 4.74 Å². The Bertz CT molecular complexity index is 835. The van der Waals surface area contributed by atoms with Gasteiger partial charge in [0.15, 0.2) is 6.61 Å². The summed E-state index contributed by atoms with van der Waals surface area (Å²) in [4.78, 5) is 24.1. The Hall–Kier alpha value is -2.68. The van der Waals surface area contributed by atoms with E-state index in [9.17, 15) is 27.0 Å². The summed E-state index contributed by atoms with van der Waals surface area (Å²) < 4.78 is 54.7. The molecule has 26 heavy (non-hydrogen) atoms. The van der Waals surface area contributed by atoms with E-state index in [1.54, 1.807) is 0 Å². The van der Waals surface area contributed by atoms with E-state index in [1.165, 1.54) is 42.7 Å². The maximum atomic E-state index is 12.9. The van der Waals surface area contributed by atoms with Crippen LogP contribution >= 0.6 is 0 Å². The van der Waals surface area contributed by atoms with E-state index in [0.717, 1.165) is 12.1 Å². The molecule has 1 N–H and O–H groups in total. The summed E-state index contributed by atoms with van der Waals surface area (Å²) in [5.41, 5.74) is -1.29. The van der Waals surface area contributed by atoms with E-state index in [-0.39, 0.29) is 5.56 Å². The molecule has 0 fully saturated rings. The summed E-state index contributed by atoms with van der Waals surface area (Å²) in [7, 11) is -1.20. The molecule has 5 nitrogen and oxygen atoms in total. The summed E-state index contributed by atoms with van der Waals surface area (Å²) in [6.07, 6.45) is -3.14. The van der Waals surface area contributed by atoms with Crippen molar-refractivity contribution in [3.05, 3.63) is 59.7 Å². The first kappa shape index (κ1) is 19.6. The van der Waals surface area contributed by atoms with E-state index in [1.807, 2.05) is 0 Å². The van der Waals surface area contributed by atoms with Crippen molar-refractivity contribution in [1.82, 2.24) is 0 Å². The molecule has 0 heterocycles. The zero-order valence-electron chi connectivity index (χ0n) is 13.5. The molecular weight excluding hydrogens is 371 g/mol. The van der Waals surface area contributed by atoms with Crippen LogP contribution in [0.4, 0.5) is 18.9 Å². The van der Waals surface area contributed by atoms with E-state index >= 15 is 0 Å². The number of esters is 1. The summed E-state index contributed by atoms with van der Waals surface area (Å²) in [5.74, 6) is -1.72. The quantitative estimate of drug-likeness (QED) is 0.802. The predicted molar refractivity (Wildman–Crippen MR) is 89.1 cm³/mol. The van der Waals surface area contributed by atoms with Crippen LogP contribution < -0.4 is 5.32 Å². The fourth-order valence-corrected chi connectivity index (χ4v) is 2.54. The zero-order valence-corrected chi connectivity index (χ0v) is 14.3. The second-order valence-electron chi connectivity index (χ2n) is 5.15. The molecule has 0 aliphatic heterocycles. The molecule has 0 spiro atoms. The topological polar surface area (TPSA) is 72.5 Å². The fourth-order valence-electron chi connectivity index (χ4n) is 2.02. The van der Waals surface area contributed by atoms with Crippen LogP contribution in [-0.4, -0.2) is 28.9 Å². The highest BCUT2D eigenvalue weighted by Gasteiger charge is 2.33. The Morgan fingerprint density at radius 3 is 2.27 bits per heavy atom. The lowest BCUT2D eigenvalue weighted by Crippen LogP contribution is -2.22. The molecule has 1 amide bonds. The normalized spacial score (nSPS) is 12.3. The van der Waals surface area contributed by atoms with Crippen molar-refractivity contribution >= 4 is 28.4 Å². The second kappa shape index (κ2) is 8.13. The minimum absolute atomic E-state index is 0.127. The zero-order chi connectivity index (χ0) is 19.3. The molecule has 0 saturated carbocycles. The van der Waals surface area contributed by atoms with Gasteiger partial charge >= 0.3 is 12.1 Å². The minimum atomic E-state index is -4.62. The summed E-state index contributed by atoms with van der Waals surface area (Å²) in [5, 5.41) is 2.07. The Morgan fingerprint density at radius 1 is 1.08 bits per heavy atom. The summed E-state index contributed by atoms with van der Waals surface area (Å²) in [6, 6.07) is 10.2. The van der Waals surface area contributed by atoms with Gasteiger partial charge in [0, 0.05) is 22.0 Å². The van der Waals surface area contributed by atoms with Gasteiger partial charge in [-0.2, -0.15) is 13.2 Å². The fraction of sp³-hybridized carbons (Fsp3) is 0.176. The Kier molecular flexibility index (Phi) is 6.14. The molecule has 0 saturated heterocycles. The third-order valence-electron chi connectivity index (χ3n) is 3.26. The smallest absolute Gasteiger partial charge is 0.418 e. The molecule has 0 aliphatic carbocycles. The number of nitrogens with one attached hydrogen (secondary N) is 1. The summed E-state index contributed by atoms with van der Waals surface area (Å²) in [6.45, 7) is -0.744. The lowest BCUT2D eigenvalue weighted by molar-refractivity contribution is -0.137. The van der Waals surface area contributed by atoms with Crippen molar-refractivity contribution in [2.75, 3.05) is 18.2 Å². The van der Waals surface area contributed by atoms with E-state index < -0.39 is 46.7 Å². The highest BCUT2D eigenvalue weighted by Crippen LogP contribution is 2.34. The van der Waals surface area contributed by atoms with Crippen LogP contribution in [0.1, 0.15) is 15.9 Å². The SMILES string of the molecule is CS(=O)c1ccc(C(=O)OCC(=O)Nc2ccccc2C(F)(F)F)cc1. The van der Waals surface area contributed by atoms with E-state index in [0.29, 0.717) is 4.90 Å². The van der Waals surface area contributed by atoms with Crippen molar-refractivity contribution in [2.45, 2.75) is 11.1 Å². The lowest BCUT2D eigenvalue weighted by atomic mass is 10.1. The monoisotopic (exact) mass is 385 g/mol. The number of carbonyl (C=O) groups is 2. The number of rotatable bonds is 5. The first-order valence-corrected chi connectivity index (χ1v) is 8.81. The highest BCUT2D eigenvalue weighted by molar-refractivity contribution is 7.84. The van der Waals surface area contributed by atoms with Gasteiger partial charge in [-0.1, -0.05) is 12.1 Å². The van der Waals surface area contributed by atoms with Crippen molar-refractivity contribution in [3.63, 3.8) is 0 Å². The molecule has 9 heteroatoms. The number of ether oxygens (including phenoxy) is 1. The summed E-state index contributed by atoms with van der Waals surface area (Å²) >= 11 is 0. The van der Waals surface area contributed by atoms with Crippen LogP contribution in [0.5, 0.6) is 0 Å². The first-order valence-electron chi connectivity index (χ1n) is 7.25. The molecule has 0 radical (unpaired) electrons. The molecule has 2 aromatic rings. The minimum Gasteiger partial charge on any atom is -0.452 e. The van der Waals surface area contributed by atoms with Gasteiger partial charge in [-0.15, -0.1) is 0 Å². The second-order valence-corrected chi connectivity index (χ2v) is 6.53. The molecule has 0 bridgehead atoms. The van der Waals surface area contributed by atoms with Crippen LogP contribution in [-0.2, 0) is 26.5 Å². The number of anilines is 1. The van der Waals surface area contributed by atoms with Crippen LogP contribution in [0.3, 0.4) is 0 Å². The number of alkyl halides is 3. The van der Waals surface area contributed by atoms with Crippen LogP contribution in [0.2, 0.25) is 0 Å².